The lowest BCUT2D eigenvalue weighted by atomic mass is 9.96. The summed E-state index contributed by atoms with van der Waals surface area (Å²) in [4.78, 5) is 13.3. The Morgan fingerprint density at radius 2 is 0.840 bits per heavy atom. The number of nitrogens with one attached hydrogen (secondary N) is 1. The molecule has 0 aromatic carbocycles. The number of aliphatic hydroxyl groups is 11. The van der Waals surface area contributed by atoms with Crippen LogP contribution < -0.4 is 5.32 Å². The zero-order valence-electron chi connectivity index (χ0n) is 45.8. The van der Waals surface area contributed by atoms with Gasteiger partial charge >= 0.3 is 0 Å². The molecular weight excluding hydrogens is 975 g/mol. The average Bonchev–Trinajstić information content (AvgIpc) is 3.41. The van der Waals surface area contributed by atoms with Crippen LogP contribution in [0.4, 0.5) is 0 Å². The van der Waals surface area contributed by atoms with Gasteiger partial charge in [-0.2, -0.15) is 0 Å². The van der Waals surface area contributed by atoms with Crippen molar-refractivity contribution in [3.05, 3.63) is 12.2 Å². The Bertz CT molecular complexity index is 1430. The van der Waals surface area contributed by atoms with E-state index in [0.29, 0.717) is 12.8 Å². The molecular formula is C56H105NO18. The number of hydrogen-bond donors (Lipinski definition) is 12. The summed E-state index contributed by atoms with van der Waals surface area (Å²) in [5.74, 6) is -0.247. The van der Waals surface area contributed by atoms with Gasteiger partial charge in [-0.3, -0.25) is 4.79 Å². The van der Waals surface area contributed by atoms with Crippen molar-refractivity contribution in [1.29, 1.82) is 0 Å². The Hall–Kier alpha value is -1.47. The van der Waals surface area contributed by atoms with Gasteiger partial charge in [0.1, 0.15) is 73.2 Å². The standard InChI is InChI=1S/C56H105NO18/c1-3-5-7-9-11-13-14-15-16-17-18-19-20-21-22-23-24-26-28-30-32-34-44(62)57-39(40(61)33-31-29-27-25-12-10-8-6-4-2)38-70-54-50(68)47(65)52(42(36-59)72-54)75-56-51(69)48(66)53(43(37-60)73-56)74-55-49(67)46(64)45(63)41(35-58)71-55/h17-18,39-43,45-56,58-61,63-69H,3-16,19-38H2,1-2H3,(H,57,62)/b18-17-. The van der Waals surface area contributed by atoms with Gasteiger partial charge in [0, 0.05) is 6.42 Å². The van der Waals surface area contributed by atoms with Crippen LogP contribution in [0.5, 0.6) is 0 Å². The maximum Gasteiger partial charge on any atom is 0.220 e. The summed E-state index contributed by atoms with van der Waals surface area (Å²) in [6.45, 7) is 1.75. The molecule has 3 saturated heterocycles. The van der Waals surface area contributed by atoms with E-state index in [1.807, 2.05) is 0 Å². The fourth-order valence-corrected chi connectivity index (χ4v) is 10.2. The summed E-state index contributed by atoms with van der Waals surface area (Å²) in [7, 11) is 0. The predicted octanol–water partition coefficient (Wildman–Crippen LogP) is 4.60. The summed E-state index contributed by atoms with van der Waals surface area (Å²) in [6.07, 6.45) is 11.8. The van der Waals surface area contributed by atoms with E-state index >= 15 is 0 Å². The van der Waals surface area contributed by atoms with Gasteiger partial charge in [0.05, 0.1) is 38.6 Å². The summed E-state index contributed by atoms with van der Waals surface area (Å²) in [6, 6.07) is -0.882. The van der Waals surface area contributed by atoms with Crippen molar-refractivity contribution in [3.63, 3.8) is 0 Å². The van der Waals surface area contributed by atoms with E-state index in [-0.39, 0.29) is 18.9 Å². The number of allylic oxidation sites excluding steroid dienone is 2. The van der Waals surface area contributed by atoms with Gasteiger partial charge < -0.3 is 89.9 Å². The number of carbonyl (C=O) groups is 1. The van der Waals surface area contributed by atoms with Crippen molar-refractivity contribution in [2.24, 2.45) is 0 Å². The molecule has 3 rings (SSSR count). The third-order valence-electron chi connectivity index (χ3n) is 15.1. The van der Waals surface area contributed by atoms with Gasteiger partial charge in [-0.15, -0.1) is 0 Å². The van der Waals surface area contributed by atoms with Crippen molar-refractivity contribution >= 4 is 5.91 Å². The number of aliphatic hydroxyl groups excluding tert-OH is 11. The molecule has 19 heteroatoms. The minimum absolute atomic E-state index is 0.247. The topological polar surface area (TPSA) is 307 Å². The molecule has 3 fully saturated rings. The van der Waals surface area contributed by atoms with Gasteiger partial charge in [-0.05, 0) is 38.5 Å². The molecule has 3 aliphatic heterocycles. The van der Waals surface area contributed by atoms with Gasteiger partial charge in [0.15, 0.2) is 18.9 Å². The molecule has 19 nitrogen and oxygen atoms in total. The van der Waals surface area contributed by atoms with E-state index in [0.717, 1.165) is 51.4 Å². The highest BCUT2D eigenvalue weighted by atomic mass is 16.8. The molecule has 442 valence electrons. The zero-order chi connectivity index (χ0) is 54.8. The number of carbonyl (C=O) groups excluding carboxylic acids is 1. The van der Waals surface area contributed by atoms with Crippen LogP contribution in [0.1, 0.15) is 206 Å². The van der Waals surface area contributed by atoms with Crippen molar-refractivity contribution in [2.45, 2.75) is 311 Å². The van der Waals surface area contributed by atoms with Crippen molar-refractivity contribution in [2.75, 3.05) is 26.4 Å². The van der Waals surface area contributed by atoms with E-state index in [1.165, 1.54) is 122 Å². The Kier molecular flexibility index (Phi) is 36.8. The first-order chi connectivity index (χ1) is 36.3. The number of hydrogen-bond acceptors (Lipinski definition) is 18. The first kappa shape index (κ1) is 67.8. The second-order valence-corrected chi connectivity index (χ2v) is 21.5. The van der Waals surface area contributed by atoms with Crippen LogP contribution in [0.15, 0.2) is 12.2 Å². The Morgan fingerprint density at radius 1 is 0.467 bits per heavy atom. The molecule has 12 N–H and O–H groups in total. The lowest BCUT2D eigenvalue weighted by Gasteiger charge is -2.48. The quantitative estimate of drug-likeness (QED) is 0.0293. The highest BCUT2D eigenvalue weighted by Gasteiger charge is 2.53. The fraction of sp³-hybridized carbons (Fsp3) is 0.946. The van der Waals surface area contributed by atoms with Crippen LogP contribution >= 0.6 is 0 Å². The minimum Gasteiger partial charge on any atom is -0.394 e. The molecule has 17 atom stereocenters. The van der Waals surface area contributed by atoms with Crippen LogP contribution in [0.3, 0.4) is 0 Å². The molecule has 0 aromatic rings. The van der Waals surface area contributed by atoms with Crippen LogP contribution in [0.2, 0.25) is 0 Å². The van der Waals surface area contributed by atoms with Gasteiger partial charge in [-0.1, -0.05) is 174 Å². The van der Waals surface area contributed by atoms with Crippen LogP contribution in [-0.2, 0) is 33.2 Å². The second kappa shape index (κ2) is 40.7. The molecule has 0 radical (unpaired) electrons. The predicted molar refractivity (Wildman–Crippen MR) is 282 cm³/mol. The molecule has 1 amide bonds. The Balaban J connectivity index is 1.45. The highest BCUT2D eigenvalue weighted by molar-refractivity contribution is 5.76. The van der Waals surface area contributed by atoms with Crippen molar-refractivity contribution in [3.8, 4) is 0 Å². The molecule has 0 aromatic heterocycles. The maximum absolute atomic E-state index is 13.3. The Morgan fingerprint density at radius 3 is 1.29 bits per heavy atom. The number of ether oxygens (including phenoxy) is 6. The third-order valence-corrected chi connectivity index (χ3v) is 15.1. The van der Waals surface area contributed by atoms with Gasteiger partial charge in [0.2, 0.25) is 5.91 Å². The normalized spacial score (nSPS) is 31.2. The van der Waals surface area contributed by atoms with Crippen molar-refractivity contribution in [1.82, 2.24) is 5.32 Å². The molecule has 17 unspecified atom stereocenters. The Labute approximate surface area is 448 Å². The van der Waals surface area contributed by atoms with Gasteiger partial charge in [0.25, 0.3) is 0 Å². The van der Waals surface area contributed by atoms with Crippen LogP contribution in [0.25, 0.3) is 0 Å². The molecule has 0 bridgehead atoms. The third kappa shape index (κ3) is 25.3. The highest BCUT2D eigenvalue weighted by Crippen LogP contribution is 2.33. The lowest BCUT2D eigenvalue weighted by molar-refractivity contribution is -0.379. The fourth-order valence-electron chi connectivity index (χ4n) is 10.2. The van der Waals surface area contributed by atoms with E-state index in [4.69, 9.17) is 28.4 Å². The molecule has 3 aliphatic rings. The van der Waals surface area contributed by atoms with E-state index in [2.05, 4.69) is 31.3 Å². The number of amides is 1. The van der Waals surface area contributed by atoms with E-state index in [9.17, 15) is 61.0 Å². The summed E-state index contributed by atoms with van der Waals surface area (Å²) >= 11 is 0. The first-order valence-corrected chi connectivity index (χ1v) is 29.4. The smallest absolute Gasteiger partial charge is 0.220 e. The first-order valence-electron chi connectivity index (χ1n) is 29.4. The molecule has 75 heavy (non-hydrogen) atoms. The summed E-state index contributed by atoms with van der Waals surface area (Å²) < 4.78 is 34.2. The van der Waals surface area contributed by atoms with Gasteiger partial charge in [-0.25, -0.2) is 0 Å². The second-order valence-electron chi connectivity index (χ2n) is 21.5. The summed E-state index contributed by atoms with van der Waals surface area (Å²) in [5, 5.41) is 120. The average molecular weight is 1080 g/mol. The molecule has 0 saturated carbocycles. The summed E-state index contributed by atoms with van der Waals surface area (Å²) in [5.41, 5.74) is 0. The number of rotatable bonds is 43. The van der Waals surface area contributed by atoms with E-state index < -0.39 is 124 Å². The molecule has 0 aliphatic carbocycles. The molecule has 0 spiro atoms. The van der Waals surface area contributed by atoms with Crippen LogP contribution in [-0.4, -0.2) is 193 Å². The van der Waals surface area contributed by atoms with Crippen molar-refractivity contribution < 1.29 is 89.4 Å². The zero-order valence-corrected chi connectivity index (χ0v) is 45.8. The monoisotopic (exact) mass is 1080 g/mol. The number of unbranched alkanes of at least 4 members (excludes halogenated alkanes) is 25. The minimum atomic E-state index is -1.97. The van der Waals surface area contributed by atoms with Crippen LogP contribution in [0, 0.1) is 0 Å². The lowest BCUT2D eigenvalue weighted by Crippen LogP contribution is -2.66. The molecule has 3 heterocycles. The largest absolute Gasteiger partial charge is 0.394 e. The van der Waals surface area contributed by atoms with E-state index in [1.54, 1.807) is 0 Å². The SMILES string of the molecule is CCCCCCCCCC/C=C\CCCCCCCCCCCC(=O)NC(COC1OC(CO)C(OC2OC(CO)C(OC3OC(CO)C(O)C(O)C3O)C(O)C2O)C(O)C1O)C(O)CCCCCCCCCCC. The maximum atomic E-state index is 13.3.